The lowest BCUT2D eigenvalue weighted by Gasteiger charge is -2.07. The van der Waals surface area contributed by atoms with Crippen molar-refractivity contribution in [2.24, 2.45) is 0 Å². The van der Waals surface area contributed by atoms with Crippen molar-refractivity contribution in [2.45, 2.75) is 6.42 Å². The average molecular weight is 227 g/mol. The van der Waals surface area contributed by atoms with E-state index in [1.807, 2.05) is 0 Å². The third kappa shape index (κ3) is 3.86. The van der Waals surface area contributed by atoms with Crippen molar-refractivity contribution in [3.05, 3.63) is 24.0 Å². The van der Waals surface area contributed by atoms with Gasteiger partial charge in [-0.2, -0.15) is 0 Å². The zero-order chi connectivity index (χ0) is 11.8. The van der Waals surface area contributed by atoms with E-state index in [0.717, 1.165) is 0 Å². The van der Waals surface area contributed by atoms with Crippen molar-refractivity contribution >= 4 is 12.1 Å². The molecule has 0 aliphatic rings. The minimum atomic E-state index is -0.496. The lowest BCUT2D eigenvalue weighted by atomic mass is 10.3. The van der Waals surface area contributed by atoms with E-state index in [1.54, 1.807) is 13.2 Å². The van der Waals surface area contributed by atoms with Crippen LogP contribution < -0.4 is 10.1 Å². The standard InChI is InChI=1S/C11H14FNO3/c1-15-5-2-6-16-11-4-3-9(13-8-14)7-10(11)12/h3-4,7-8H,2,5-6H2,1H3,(H,13,14). The van der Waals surface area contributed by atoms with E-state index in [1.165, 1.54) is 12.1 Å². The molecule has 0 saturated carbocycles. The van der Waals surface area contributed by atoms with Crippen LogP contribution in [0.3, 0.4) is 0 Å². The Morgan fingerprint density at radius 1 is 1.44 bits per heavy atom. The predicted molar refractivity (Wildman–Crippen MR) is 58.1 cm³/mol. The second-order valence-corrected chi connectivity index (χ2v) is 3.10. The molecule has 0 aromatic heterocycles. The van der Waals surface area contributed by atoms with Crippen molar-refractivity contribution < 1.29 is 18.7 Å². The van der Waals surface area contributed by atoms with E-state index in [-0.39, 0.29) is 5.75 Å². The first kappa shape index (κ1) is 12.4. The number of hydrogen-bond acceptors (Lipinski definition) is 3. The number of hydrogen-bond donors (Lipinski definition) is 1. The van der Waals surface area contributed by atoms with Gasteiger partial charge in [0.1, 0.15) is 0 Å². The van der Waals surface area contributed by atoms with Gasteiger partial charge in [0, 0.05) is 31.9 Å². The maximum Gasteiger partial charge on any atom is 0.211 e. The van der Waals surface area contributed by atoms with Gasteiger partial charge in [0.25, 0.3) is 0 Å². The lowest BCUT2D eigenvalue weighted by Crippen LogP contribution is -2.03. The van der Waals surface area contributed by atoms with Gasteiger partial charge in [-0.05, 0) is 12.1 Å². The van der Waals surface area contributed by atoms with Crippen LogP contribution in [-0.4, -0.2) is 26.7 Å². The SMILES string of the molecule is COCCCOc1ccc(NC=O)cc1F. The third-order valence-corrected chi connectivity index (χ3v) is 1.91. The molecule has 0 bridgehead atoms. The Morgan fingerprint density at radius 2 is 2.25 bits per heavy atom. The molecule has 4 nitrogen and oxygen atoms in total. The second kappa shape index (κ2) is 6.79. The van der Waals surface area contributed by atoms with Crippen molar-refractivity contribution in [3.63, 3.8) is 0 Å². The molecule has 0 radical (unpaired) electrons. The summed E-state index contributed by atoms with van der Waals surface area (Å²) in [5, 5.41) is 2.36. The van der Waals surface area contributed by atoms with Crippen LogP contribution >= 0.6 is 0 Å². The van der Waals surface area contributed by atoms with Crippen molar-refractivity contribution in [1.82, 2.24) is 0 Å². The molecule has 5 heteroatoms. The second-order valence-electron chi connectivity index (χ2n) is 3.10. The van der Waals surface area contributed by atoms with Gasteiger partial charge in [0.2, 0.25) is 6.41 Å². The van der Waals surface area contributed by atoms with Gasteiger partial charge in [0.05, 0.1) is 6.61 Å². The first-order valence-electron chi connectivity index (χ1n) is 4.89. The van der Waals surface area contributed by atoms with Crippen LogP contribution in [0.15, 0.2) is 18.2 Å². The van der Waals surface area contributed by atoms with Crippen LogP contribution in [0.25, 0.3) is 0 Å². The Balaban J connectivity index is 2.50. The van der Waals surface area contributed by atoms with E-state index in [2.05, 4.69) is 5.32 Å². The number of ether oxygens (including phenoxy) is 2. The number of halogens is 1. The van der Waals surface area contributed by atoms with Gasteiger partial charge in [-0.15, -0.1) is 0 Å². The summed E-state index contributed by atoms with van der Waals surface area (Å²) in [6.45, 7) is 0.970. The summed E-state index contributed by atoms with van der Waals surface area (Å²) in [4.78, 5) is 10.1. The predicted octanol–water partition coefficient (Wildman–Crippen LogP) is 1.81. The van der Waals surface area contributed by atoms with Gasteiger partial charge >= 0.3 is 0 Å². The summed E-state index contributed by atoms with van der Waals surface area (Å²) in [6.07, 6.45) is 1.19. The number of benzene rings is 1. The smallest absolute Gasteiger partial charge is 0.211 e. The quantitative estimate of drug-likeness (QED) is 0.571. The van der Waals surface area contributed by atoms with E-state index in [4.69, 9.17) is 9.47 Å². The van der Waals surface area contributed by atoms with E-state index < -0.39 is 5.82 Å². The molecule has 1 aromatic carbocycles. The van der Waals surface area contributed by atoms with Gasteiger partial charge in [-0.3, -0.25) is 4.79 Å². The molecule has 16 heavy (non-hydrogen) atoms. The fourth-order valence-corrected chi connectivity index (χ4v) is 1.16. The largest absolute Gasteiger partial charge is 0.490 e. The number of methoxy groups -OCH3 is 1. The summed E-state index contributed by atoms with van der Waals surface area (Å²) in [5.74, 6) is -0.322. The summed E-state index contributed by atoms with van der Waals surface area (Å²) >= 11 is 0. The molecule has 0 fully saturated rings. The first-order chi connectivity index (χ1) is 7.77. The molecule has 1 rings (SSSR count). The van der Waals surface area contributed by atoms with Crippen LogP contribution in [0.5, 0.6) is 5.75 Å². The number of anilines is 1. The molecular formula is C11H14FNO3. The minimum Gasteiger partial charge on any atom is -0.490 e. The molecule has 0 saturated heterocycles. The number of rotatable bonds is 7. The van der Waals surface area contributed by atoms with E-state index in [0.29, 0.717) is 31.7 Å². The molecule has 88 valence electrons. The highest BCUT2D eigenvalue weighted by molar-refractivity contribution is 5.71. The molecular weight excluding hydrogens is 213 g/mol. The molecule has 1 amide bonds. The Kier molecular flexibility index (Phi) is 5.28. The first-order valence-corrected chi connectivity index (χ1v) is 4.89. The molecule has 0 unspecified atom stereocenters. The zero-order valence-electron chi connectivity index (χ0n) is 9.03. The normalized spacial score (nSPS) is 9.88. The topological polar surface area (TPSA) is 47.6 Å². The molecule has 0 spiro atoms. The van der Waals surface area contributed by atoms with Crippen molar-refractivity contribution in [3.8, 4) is 5.75 Å². The average Bonchev–Trinajstić information content (AvgIpc) is 2.27. The Labute approximate surface area is 93.4 Å². The highest BCUT2D eigenvalue weighted by Gasteiger charge is 2.04. The Hall–Kier alpha value is -1.62. The third-order valence-electron chi connectivity index (χ3n) is 1.91. The molecule has 1 N–H and O–H groups in total. The maximum atomic E-state index is 13.4. The zero-order valence-corrected chi connectivity index (χ0v) is 9.03. The maximum absolute atomic E-state index is 13.4. The summed E-state index contributed by atoms with van der Waals surface area (Å²) in [7, 11) is 1.60. The lowest BCUT2D eigenvalue weighted by molar-refractivity contribution is -0.105. The van der Waals surface area contributed by atoms with Crippen molar-refractivity contribution in [2.75, 3.05) is 25.6 Å². The fourth-order valence-electron chi connectivity index (χ4n) is 1.16. The van der Waals surface area contributed by atoms with Gasteiger partial charge < -0.3 is 14.8 Å². The number of carbonyl (C=O) groups is 1. The van der Waals surface area contributed by atoms with Gasteiger partial charge in [-0.1, -0.05) is 0 Å². The van der Waals surface area contributed by atoms with Crippen LogP contribution in [0.4, 0.5) is 10.1 Å². The van der Waals surface area contributed by atoms with Crippen LogP contribution in [0, 0.1) is 5.82 Å². The van der Waals surface area contributed by atoms with Crippen LogP contribution in [0.1, 0.15) is 6.42 Å². The summed E-state index contributed by atoms with van der Waals surface area (Å²) < 4.78 is 23.4. The van der Waals surface area contributed by atoms with Gasteiger partial charge in [0.15, 0.2) is 11.6 Å². The number of carbonyl (C=O) groups excluding carboxylic acids is 1. The van der Waals surface area contributed by atoms with Crippen LogP contribution in [-0.2, 0) is 9.53 Å². The molecule has 0 heterocycles. The monoisotopic (exact) mass is 227 g/mol. The summed E-state index contributed by atoms with van der Waals surface area (Å²) in [5.41, 5.74) is 0.400. The Bertz CT molecular complexity index is 344. The number of nitrogens with one attached hydrogen (secondary N) is 1. The molecule has 0 aliphatic heterocycles. The van der Waals surface area contributed by atoms with Crippen LogP contribution in [0.2, 0.25) is 0 Å². The molecule has 0 aliphatic carbocycles. The van der Waals surface area contributed by atoms with E-state index >= 15 is 0 Å². The number of amides is 1. The van der Waals surface area contributed by atoms with E-state index in [9.17, 15) is 9.18 Å². The Morgan fingerprint density at radius 3 is 2.88 bits per heavy atom. The highest BCUT2D eigenvalue weighted by atomic mass is 19.1. The highest BCUT2D eigenvalue weighted by Crippen LogP contribution is 2.20. The minimum absolute atomic E-state index is 0.174. The molecule has 1 aromatic rings. The fraction of sp³-hybridized carbons (Fsp3) is 0.364. The molecule has 0 atom stereocenters. The van der Waals surface area contributed by atoms with Crippen molar-refractivity contribution in [1.29, 1.82) is 0 Å². The van der Waals surface area contributed by atoms with Gasteiger partial charge in [-0.25, -0.2) is 4.39 Å². The summed E-state index contributed by atoms with van der Waals surface area (Å²) in [6, 6.07) is 4.26.